The van der Waals surface area contributed by atoms with Gasteiger partial charge in [-0.15, -0.1) is 11.3 Å². The van der Waals surface area contributed by atoms with Crippen molar-refractivity contribution in [1.82, 2.24) is 0 Å². The van der Waals surface area contributed by atoms with Crippen LogP contribution in [-0.4, -0.2) is 24.7 Å². The monoisotopic (exact) mass is 274 g/mol. The van der Waals surface area contributed by atoms with Crippen LogP contribution in [0.4, 0.5) is 5.00 Å². The van der Waals surface area contributed by atoms with Crippen LogP contribution in [0.15, 0.2) is 12.1 Å². The third kappa shape index (κ3) is 3.18. The van der Waals surface area contributed by atoms with E-state index in [1.54, 1.807) is 13.0 Å². The predicted octanol–water partition coefficient (Wildman–Crippen LogP) is 1.49. The van der Waals surface area contributed by atoms with E-state index in [0.717, 1.165) is 11.3 Å². The lowest BCUT2D eigenvalue weighted by molar-refractivity contribution is 0.0702. The minimum absolute atomic E-state index is 0.0349. The van der Waals surface area contributed by atoms with Gasteiger partial charge in [0.1, 0.15) is 9.88 Å². The van der Waals surface area contributed by atoms with E-state index in [0.29, 0.717) is 0 Å². The molecule has 6 nitrogen and oxygen atoms in total. The van der Waals surface area contributed by atoms with Gasteiger partial charge in [-0.05, 0) is 18.6 Å². The lowest BCUT2D eigenvalue weighted by atomic mass is 10.4. The maximum absolute atomic E-state index is 11.7. The lowest BCUT2D eigenvalue weighted by Crippen LogP contribution is -2.25. The Bertz CT molecular complexity index is 556. The summed E-state index contributed by atoms with van der Waals surface area (Å²) in [5, 5.41) is 16.4. The van der Waals surface area contributed by atoms with Crippen LogP contribution in [0.5, 0.6) is 0 Å². The Balaban J connectivity index is 2.91. The Kier molecular flexibility index (Phi) is 4.09. The second-order valence-corrected chi connectivity index (χ2v) is 6.09. The zero-order chi connectivity index (χ0) is 13.1. The molecule has 0 amide bonds. The topological polar surface area (TPSA) is 107 Å². The van der Waals surface area contributed by atoms with Gasteiger partial charge in [0.05, 0.1) is 6.07 Å². The van der Waals surface area contributed by atoms with Crippen molar-refractivity contribution >= 4 is 32.3 Å². The van der Waals surface area contributed by atoms with E-state index in [9.17, 15) is 13.2 Å². The molecule has 0 aliphatic heterocycles. The predicted molar refractivity (Wildman–Crippen MR) is 63.5 cm³/mol. The summed E-state index contributed by atoms with van der Waals surface area (Å²) in [5.41, 5.74) is 0. The molecule has 0 radical (unpaired) electrons. The standard InChI is InChI=1S/C9H10N2O4S2/c1-2-6(5-10)17(14,15)11-8-4-3-7(16-8)9(12)13/h3-4,6,11H,2H2,1H3,(H,12,13). The first-order valence-corrected chi connectivity index (χ1v) is 7.01. The zero-order valence-electron chi connectivity index (χ0n) is 8.87. The third-order valence-electron chi connectivity index (χ3n) is 1.95. The van der Waals surface area contributed by atoms with E-state index in [1.807, 2.05) is 0 Å². The minimum atomic E-state index is -3.78. The van der Waals surface area contributed by atoms with Gasteiger partial charge in [0.25, 0.3) is 0 Å². The van der Waals surface area contributed by atoms with E-state index in [2.05, 4.69) is 4.72 Å². The van der Waals surface area contributed by atoms with Gasteiger partial charge >= 0.3 is 5.97 Å². The Hall–Kier alpha value is -1.59. The molecular weight excluding hydrogens is 264 g/mol. The average Bonchev–Trinajstić information content (AvgIpc) is 2.66. The summed E-state index contributed by atoms with van der Waals surface area (Å²) in [6.45, 7) is 1.59. The van der Waals surface area contributed by atoms with Crippen molar-refractivity contribution in [3.8, 4) is 6.07 Å². The van der Waals surface area contributed by atoms with E-state index < -0.39 is 21.2 Å². The number of hydrogen-bond donors (Lipinski definition) is 2. The molecule has 1 rings (SSSR count). The molecule has 0 aromatic carbocycles. The molecule has 0 saturated heterocycles. The number of nitriles is 1. The maximum atomic E-state index is 11.7. The summed E-state index contributed by atoms with van der Waals surface area (Å²) in [6, 6.07) is 4.34. The van der Waals surface area contributed by atoms with E-state index in [1.165, 1.54) is 12.1 Å². The Morgan fingerprint density at radius 2 is 2.29 bits per heavy atom. The number of carboxylic acids is 1. The van der Waals surface area contributed by atoms with Crippen LogP contribution in [0.2, 0.25) is 0 Å². The second-order valence-electron chi connectivity index (χ2n) is 3.14. The Morgan fingerprint density at radius 1 is 1.65 bits per heavy atom. The van der Waals surface area contributed by atoms with Gasteiger partial charge in [0, 0.05) is 0 Å². The number of sulfonamides is 1. The van der Waals surface area contributed by atoms with Gasteiger partial charge in [-0.3, -0.25) is 4.72 Å². The molecule has 1 aromatic rings. The summed E-state index contributed by atoms with van der Waals surface area (Å²) in [6.07, 6.45) is 0.170. The molecule has 2 N–H and O–H groups in total. The highest BCUT2D eigenvalue weighted by atomic mass is 32.2. The summed E-state index contributed by atoms with van der Waals surface area (Å²) in [4.78, 5) is 10.6. The van der Waals surface area contributed by atoms with Crippen molar-refractivity contribution in [3.05, 3.63) is 17.0 Å². The highest BCUT2D eigenvalue weighted by Crippen LogP contribution is 2.24. The quantitative estimate of drug-likeness (QED) is 0.845. The van der Waals surface area contributed by atoms with Gasteiger partial charge in [0.2, 0.25) is 10.0 Å². The van der Waals surface area contributed by atoms with Gasteiger partial charge in [0.15, 0.2) is 5.25 Å². The molecule has 0 aliphatic rings. The first-order chi connectivity index (χ1) is 7.90. The maximum Gasteiger partial charge on any atom is 0.345 e. The van der Waals surface area contributed by atoms with Crippen LogP contribution < -0.4 is 4.72 Å². The van der Waals surface area contributed by atoms with Gasteiger partial charge in [-0.25, -0.2) is 13.2 Å². The number of hydrogen-bond acceptors (Lipinski definition) is 5. The van der Waals surface area contributed by atoms with Gasteiger partial charge < -0.3 is 5.11 Å². The number of carboxylic acid groups (broad SMARTS) is 1. The smallest absolute Gasteiger partial charge is 0.345 e. The fraction of sp³-hybridized carbons (Fsp3) is 0.333. The van der Waals surface area contributed by atoms with Crippen molar-refractivity contribution in [2.75, 3.05) is 4.72 Å². The fourth-order valence-electron chi connectivity index (χ4n) is 1.10. The van der Waals surface area contributed by atoms with Gasteiger partial charge in [-0.1, -0.05) is 6.92 Å². The van der Waals surface area contributed by atoms with Crippen LogP contribution in [0.25, 0.3) is 0 Å². The van der Waals surface area contributed by atoms with Crippen molar-refractivity contribution < 1.29 is 18.3 Å². The van der Waals surface area contributed by atoms with Crippen molar-refractivity contribution in [1.29, 1.82) is 5.26 Å². The normalized spacial score (nSPS) is 12.7. The van der Waals surface area contributed by atoms with E-state index in [-0.39, 0.29) is 16.3 Å². The molecule has 1 atom stereocenters. The molecule has 0 aliphatic carbocycles. The number of rotatable bonds is 5. The molecule has 17 heavy (non-hydrogen) atoms. The molecule has 1 heterocycles. The molecule has 92 valence electrons. The number of carbonyl (C=O) groups is 1. The van der Waals surface area contributed by atoms with E-state index >= 15 is 0 Å². The minimum Gasteiger partial charge on any atom is -0.477 e. The number of anilines is 1. The Morgan fingerprint density at radius 3 is 2.71 bits per heavy atom. The van der Waals surface area contributed by atoms with Crippen LogP contribution in [0, 0.1) is 11.3 Å². The number of thiophene rings is 1. The largest absolute Gasteiger partial charge is 0.477 e. The molecule has 0 fully saturated rings. The number of nitrogens with zero attached hydrogens (tertiary/aromatic N) is 1. The number of nitrogens with one attached hydrogen (secondary N) is 1. The fourth-order valence-corrected chi connectivity index (χ4v) is 3.28. The van der Waals surface area contributed by atoms with Crippen molar-refractivity contribution in [2.24, 2.45) is 0 Å². The second kappa shape index (κ2) is 5.16. The molecule has 1 aromatic heterocycles. The third-order valence-corrected chi connectivity index (χ3v) is 4.76. The summed E-state index contributed by atoms with van der Waals surface area (Å²) < 4.78 is 25.5. The van der Waals surface area contributed by atoms with Crippen LogP contribution >= 0.6 is 11.3 Å². The van der Waals surface area contributed by atoms with Crippen molar-refractivity contribution in [2.45, 2.75) is 18.6 Å². The zero-order valence-corrected chi connectivity index (χ0v) is 10.5. The van der Waals surface area contributed by atoms with E-state index in [4.69, 9.17) is 10.4 Å². The summed E-state index contributed by atoms with van der Waals surface area (Å²) in [7, 11) is -3.78. The molecule has 8 heteroatoms. The first-order valence-electron chi connectivity index (χ1n) is 4.65. The summed E-state index contributed by atoms with van der Waals surface area (Å²) in [5.74, 6) is -1.12. The molecule has 0 saturated carbocycles. The van der Waals surface area contributed by atoms with Crippen LogP contribution in [0.1, 0.15) is 23.0 Å². The first kappa shape index (κ1) is 13.5. The highest BCUT2D eigenvalue weighted by Gasteiger charge is 2.24. The molecule has 0 bridgehead atoms. The van der Waals surface area contributed by atoms with Crippen LogP contribution in [-0.2, 0) is 10.0 Å². The number of aromatic carboxylic acids is 1. The highest BCUT2D eigenvalue weighted by molar-refractivity contribution is 7.93. The molecule has 1 unspecified atom stereocenters. The SMILES string of the molecule is CCC(C#N)S(=O)(=O)Nc1ccc(C(=O)O)s1. The molecule has 0 spiro atoms. The Labute approximate surface area is 103 Å². The summed E-state index contributed by atoms with van der Waals surface area (Å²) >= 11 is 0.807. The van der Waals surface area contributed by atoms with Crippen LogP contribution in [0.3, 0.4) is 0 Å². The molecular formula is C9H10N2O4S2. The van der Waals surface area contributed by atoms with Gasteiger partial charge in [-0.2, -0.15) is 5.26 Å². The average molecular weight is 274 g/mol. The van der Waals surface area contributed by atoms with Crippen molar-refractivity contribution in [3.63, 3.8) is 0 Å². The lowest BCUT2D eigenvalue weighted by Gasteiger charge is -2.08.